The molecule has 0 spiro atoms. The van der Waals surface area contributed by atoms with Gasteiger partial charge in [0, 0.05) is 37.3 Å². The number of nitrogens with one attached hydrogen (secondary N) is 1. The summed E-state index contributed by atoms with van der Waals surface area (Å²) in [7, 11) is 0. The second kappa shape index (κ2) is 8.76. The Balaban J connectivity index is 1.43. The van der Waals surface area contributed by atoms with Gasteiger partial charge in [-0.2, -0.15) is 0 Å². The number of hydrogen-bond acceptors (Lipinski definition) is 4. The lowest BCUT2D eigenvalue weighted by Gasteiger charge is -2.32. The first-order valence-corrected chi connectivity index (χ1v) is 9.29. The Morgan fingerprint density at radius 3 is 3.04 bits per heavy atom. The van der Waals surface area contributed by atoms with Crippen molar-refractivity contribution in [2.75, 3.05) is 19.6 Å². The van der Waals surface area contributed by atoms with Gasteiger partial charge in [0.1, 0.15) is 5.01 Å². The van der Waals surface area contributed by atoms with Gasteiger partial charge in [-0.25, -0.2) is 4.98 Å². The van der Waals surface area contributed by atoms with Gasteiger partial charge in [-0.15, -0.1) is 11.3 Å². The molecular formula is C19H23N3OS. The highest BCUT2D eigenvalue weighted by Gasteiger charge is 2.20. The largest absolute Gasteiger partial charge is 0.352 e. The third-order valence-electron chi connectivity index (χ3n) is 4.25. The van der Waals surface area contributed by atoms with Crippen molar-refractivity contribution in [3.05, 3.63) is 58.6 Å². The lowest BCUT2D eigenvalue weighted by atomic mass is 9.97. The van der Waals surface area contributed by atoms with Crippen LogP contribution in [0.2, 0.25) is 0 Å². The monoisotopic (exact) mass is 341 g/mol. The lowest BCUT2D eigenvalue weighted by Crippen LogP contribution is -2.40. The normalized spacial score (nSPS) is 18.8. The maximum absolute atomic E-state index is 11.9. The molecule has 1 amide bonds. The molecule has 2 aromatic rings. The summed E-state index contributed by atoms with van der Waals surface area (Å²) in [6.07, 6.45) is 7.46. The van der Waals surface area contributed by atoms with E-state index in [1.165, 1.54) is 29.7 Å². The minimum Gasteiger partial charge on any atom is -0.352 e. The summed E-state index contributed by atoms with van der Waals surface area (Å²) in [6.45, 7) is 3.93. The van der Waals surface area contributed by atoms with Crippen LogP contribution in [0.4, 0.5) is 0 Å². The minimum atomic E-state index is -0.0367. The van der Waals surface area contributed by atoms with Crippen LogP contribution in [0.1, 0.15) is 23.4 Å². The van der Waals surface area contributed by atoms with E-state index in [9.17, 15) is 4.79 Å². The zero-order valence-electron chi connectivity index (χ0n) is 13.7. The molecular weight excluding hydrogens is 318 g/mol. The molecule has 1 fully saturated rings. The van der Waals surface area contributed by atoms with E-state index in [2.05, 4.69) is 45.5 Å². The van der Waals surface area contributed by atoms with E-state index < -0.39 is 0 Å². The predicted molar refractivity (Wildman–Crippen MR) is 98.6 cm³/mol. The first-order chi connectivity index (χ1) is 11.8. The van der Waals surface area contributed by atoms with Crippen molar-refractivity contribution in [3.63, 3.8) is 0 Å². The third kappa shape index (κ3) is 5.28. The Morgan fingerprint density at radius 2 is 2.25 bits per heavy atom. The van der Waals surface area contributed by atoms with Gasteiger partial charge in [0.25, 0.3) is 0 Å². The second-order valence-corrected chi connectivity index (χ2v) is 7.10. The smallest absolute Gasteiger partial charge is 0.244 e. The molecule has 1 atom stereocenters. The average molecular weight is 341 g/mol. The highest BCUT2D eigenvalue weighted by Crippen LogP contribution is 2.18. The molecule has 1 aliphatic rings. The SMILES string of the molecule is O=C(/C=C/c1nccs1)NC[C@@H]1CCCN(Cc2ccccc2)C1. The van der Waals surface area contributed by atoms with Gasteiger partial charge in [-0.05, 0) is 36.9 Å². The van der Waals surface area contributed by atoms with E-state index in [4.69, 9.17) is 0 Å². The van der Waals surface area contributed by atoms with Crippen LogP contribution >= 0.6 is 11.3 Å². The number of nitrogens with zero attached hydrogens (tertiary/aromatic N) is 2. The molecule has 1 N–H and O–H groups in total. The molecule has 5 heteroatoms. The summed E-state index contributed by atoms with van der Waals surface area (Å²) in [5.41, 5.74) is 1.36. The van der Waals surface area contributed by atoms with Gasteiger partial charge >= 0.3 is 0 Å². The fourth-order valence-electron chi connectivity index (χ4n) is 3.07. The molecule has 24 heavy (non-hydrogen) atoms. The summed E-state index contributed by atoms with van der Waals surface area (Å²) in [6, 6.07) is 10.6. The Hall–Kier alpha value is -1.98. The van der Waals surface area contributed by atoms with Crippen LogP contribution < -0.4 is 5.32 Å². The third-order valence-corrected chi connectivity index (χ3v) is 4.99. The zero-order chi connectivity index (χ0) is 16.6. The summed E-state index contributed by atoms with van der Waals surface area (Å²) in [4.78, 5) is 18.5. The van der Waals surface area contributed by atoms with Crippen molar-refractivity contribution in [1.29, 1.82) is 0 Å². The van der Waals surface area contributed by atoms with Crippen LogP contribution in [0.15, 0.2) is 48.0 Å². The maximum atomic E-state index is 11.9. The van der Waals surface area contributed by atoms with Crippen LogP contribution in [0.5, 0.6) is 0 Å². The number of thiazole rings is 1. The molecule has 1 aromatic carbocycles. The van der Waals surface area contributed by atoms with E-state index in [0.29, 0.717) is 5.92 Å². The average Bonchev–Trinajstić information content (AvgIpc) is 3.13. The topological polar surface area (TPSA) is 45.2 Å². The Bertz CT molecular complexity index is 655. The van der Waals surface area contributed by atoms with E-state index in [1.54, 1.807) is 18.3 Å². The van der Waals surface area contributed by atoms with Gasteiger partial charge in [-0.1, -0.05) is 30.3 Å². The van der Waals surface area contributed by atoms with Crippen molar-refractivity contribution in [3.8, 4) is 0 Å². The van der Waals surface area contributed by atoms with Gasteiger partial charge in [0.05, 0.1) is 0 Å². The second-order valence-electron chi connectivity index (χ2n) is 6.18. The van der Waals surface area contributed by atoms with E-state index in [0.717, 1.165) is 31.2 Å². The van der Waals surface area contributed by atoms with E-state index in [-0.39, 0.29) is 5.91 Å². The number of amides is 1. The molecule has 3 rings (SSSR count). The Kier molecular flexibility index (Phi) is 6.15. The van der Waals surface area contributed by atoms with Crippen LogP contribution in [-0.2, 0) is 11.3 Å². The van der Waals surface area contributed by atoms with E-state index in [1.807, 2.05) is 5.38 Å². The highest BCUT2D eigenvalue weighted by atomic mass is 32.1. The minimum absolute atomic E-state index is 0.0367. The summed E-state index contributed by atoms with van der Waals surface area (Å²) in [5, 5.41) is 5.79. The standard InChI is InChI=1S/C19H23N3OS/c23-18(8-9-19-20-10-12-24-19)21-13-17-7-4-11-22(15-17)14-16-5-2-1-3-6-16/h1-3,5-6,8-10,12,17H,4,7,11,13-15H2,(H,21,23)/b9-8+/t17-/m0/s1. The van der Waals surface area contributed by atoms with Crippen molar-refractivity contribution in [2.24, 2.45) is 5.92 Å². The predicted octanol–water partition coefficient (Wildman–Crippen LogP) is 3.18. The van der Waals surface area contributed by atoms with Gasteiger partial charge in [-0.3, -0.25) is 9.69 Å². The van der Waals surface area contributed by atoms with Crippen LogP contribution in [-0.4, -0.2) is 35.4 Å². The lowest BCUT2D eigenvalue weighted by molar-refractivity contribution is -0.116. The molecule has 0 aliphatic carbocycles. The molecule has 0 radical (unpaired) electrons. The number of carbonyl (C=O) groups excluding carboxylic acids is 1. The van der Waals surface area contributed by atoms with Crippen molar-refractivity contribution in [1.82, 2.24) is 15.2 Å². The van der Waals surface area contributed by atoms with E-state index >= 15 is 0 Å². The maximum Gasteiger partial charge on any atom is 0.244 e. The molecule has 126 valence electrons. The first-order valence-electron chi connectivity index (χ1n) is 8.41. The highest BCUT2D eigenvalue weighted by molar-refractivity contribution is 7.10. The summed E-state index contributed by atoms with van der Waals surface area (Å²) in [5.74, 6) is 0.491. The van der Waals surface area contributed by atoms with Gasteiger partial charge in [0.15, 0.2) is 0 Å². The molecule has 0 bridgehead atoms. The number of piperidine rings is 1. The number of benzene rings is 1. The van der Waals surface area contributed by atoms with Crippen LogP contribution in [0.3, 0.4) is 0 Å². The number of rotatable bonds is 6. The number of carbonyl (C=O) groups is 1. The van der Waals surface area contributed by atoms with Gasteiger partial charge < -0.3 is 5.32 Å². The summed E-state index contributed by atoms with van der Waals surface area (Å²) < 4.78 is 0. The van der Waals surface area contributed by atoms with Crippen molar-refractivity contribution >= 4 is 23.3 Å². The fourth-order valence-corrected chi connectivity index (χ4v) is 3.60. The quantitative estimate of drug-likeness (QED) is 0.821. The molecule has 0 saturated carbocycles. The molecule has 1 aromatic heterocycles. The van der Waals surface area contributed by atoms with Crippen molar-refractivity contribution in [2.45, 2.75) is 19.4 Å². The number of likely N-dealkylation sites (tertiary alicyclic amines) is 1. The molecule has 1 aliphatic heterocycles. The Labute approximate surface area is 147 Å². The summed E-state index contributed by atoms with van der Waals surface area (Å²) >= 11 is 1.53. The van der Waals surface area contributed by atoms with Gasteiger partial charge in [0.2, 0.25) is 5.91 Å². The molecule has 2 heterocycles. The van der Waals surface area contributed by atoms with Crippen LogP contribution in [0, 0.1) is 5.92 Å². The molecule has 4 nitrogen and oxygen atoms in total. The van der Waals surface area contributed by atoms with Crippen LogP contribution in [0.25, 0.3) is 6.08 Å². The number of hydrogen-bond donors (Lipinski definition) is 1. The molecule has 1 saturated heterocycles. The number of aromatic nitrogens is 1. The fraction of sp³-hybridized carbons (Fsp3) is 0.368. The van der Waals surface area contributed by atoms with Crippen molar-refractivity contribution < 1.29 is 4.79 Å². The first kappa shape index (κ1) is 16.9. The molecule has 0 unspecified atom stereocenters. The zero-order valence-corrected chi connectivity index (χ0v) is 14.5. The Morgan fingerprint density at radius 1 is 1.38 bits per heavy atom.